The van der Waals surface area contributed by atoms with E-state index in [0.29, 0.717) is 0 Å². The van der Waals surface area contributed by atoms with Gasteiger partial charge < -0.3 is 0 Å². The van der Waals surface area contributed by atoms with E-state index in [4.69, 9.17) is 3.53 Å². The van der Waals surface area contributed by atoms with Gasteiger partial charge in [-0.1, -0.05) is 0 Å². The molecule has 0 fully saturated rings. The van der Waals surface area contributed by atoms with Crippen molar-refractivity contribution in [2.24, 2.45) is 0 Å². The van der Waals surface area contributed by atoms with Gasteiger partial charge in [0.05, 0.1) is 0 Å². The van der Waals surface area contributed by atoms with Crippen LogP contribution in [0, 0.1) is 0 Å². The topological polar surface area (TPSA) is 9.23 Å². The molecular formula is C2H6GaO. The summed E-state index contributed by atoms with van der Waals surface area (Å²) in [6.45, 7) is 0. The average molecular weight is 116 g/mol. The van der Waals surface area contributed by atoms with Crippen LogP contribution < -0.4 is 0 Å². The molecule has 4 heavy (non-hydrogen) atoms. The van der Waals surface area contributed by atoms with Gasteiger partial charge in [0.15, 0.2) is 0 Å². The molecule has 0 amide bonds. The Morgan fingerprint density at radius 2 is 2.00 bits per heavy atom. The normalized spacial score (nSPS) is 6.50. The Bertz CT molecular complexity index is 8.00. The average Bonchev–Trinajstić information content (AvgIpc) is 1.37. The second-order valence-electron chi connectivity index (χ2n) is 0.471. The quantitative estimate of drug-likeness (QED) is 0.447. The maximum atomic E-state index is 4.70. The Hall–Kier alpha value is 0.596. The van der Waals surface area contributed by atoms with Crippen molar-refractivity contribution in [2.75, 3.05) is 7.11 Å². The van der Waals surface area contributed by atoms with E-state index >= 15 is 0 Å². The zero-order valence-electron chi connectivity index (χ0n) is 2.99. The molecule has 0 aromatic rings. The van der Waals surface area contributed by atoms with E-state index in [0.717, 1.165) is 0 Å². The molecule has 0 aliphatic carbocycles. The van der Waals surface area contributed by atoms with E-state index in [-0.39, 0.29) is 17.8 Å². The van der Waals surface area contributed by atoms with E-state index < -0.39 is 0 Å². The predicted octanol–water partition coefficient (Wildman–Crippen LogP) is 0.300. The van der Waals surface area contributed by atoms with Crippen molar-refractivity contribution in [3.05, 3.63) is 0 Å². The first kappa shape index (κ1) is 4.60. The third-order valence-corrected chi connectivity index (χ3v) is 1.22. The van der Waals surface area contributed by atoms with Crippen LogP contribution in [-0.2, 0) is 3.53 Å². The Morgan fingerprint density at radius 1 is 1.75 bits per heavy atom. The van der Waals surface area contributed by atoms with Crippen LogP contribution >= 0.6 is 0 Å². The first-order valence-corrected chi connectivity index (χ1v) is 4.63. The Balaban J connectivity index is 1.97. The molecule has 0 aromatic carbocycles. The van der Waals surface area contributed by atoms with Crippen LogP contribution in [0.3, 0.4) is 0 Å². The van der Waals surface area contributed by atoms with Gasteiger partial charge in [-0.15, -0.1) is 0 Å². The van der Waals surface area contributed by atoms with Crippen LogP contribution in [0.2, 0.25) is 5.48 Å². The van der Waals surface area contributed by atoms with Gasteiger partial charge in [-0.05, 0) is 0 Å². The molecule has 0 spiro atoms. The fraction of sp³-hybridized carbons (Fsp3) is 1.00. The van der Waals surface area contributed by atoms with Crippen molar-refractivity contribution in [1.82, 2.24) is 0 Å². The standard InChI is InChI=1S/CH3O.CH3.Ga/c1-2;;/h1H3;1H3;/q-1;;+1. The first-order chi connectivity index (χ1) is 1.91. The van der Waals surface area contributed by atoms with Crippen molar-refractivity contribution in [3.8, 4) is 0 Å². The molecular weight excluding hydrogens is 110 g/mol. The zero-order valence-corrected chi connectivity index (χ0v) is 5.41. The van der Waals surface area contributed by atoms with Crippen molar-refractivity contribution in [3.63, 3.8) is 0 Å². The monoisotopic (exact) mass is 115 g/mol. The molecule has 0 aromatic heterocycles. The Morgan fingerprint density at radius 3 is 2.00 bits per heavy atom. The summed E-state index contributed by atoms with van der Waals surface area (Å²) in [6, 6.07) is 0. The van der Waals surface area contributed by atoms with E-state index in [2.05, 4.69) is 5.48 Å². The second-order valence-corrected chi connectivity index (χ2v) is 2.45. The molecule has 23 valence electrons. The SMILES string of the molecule is C[O][Ga][CH3]. The van der Waals surface area contributed by atoms with Gasteiger partial charge in [0, 0.05) is 0 Å². The summed E-state index contributed by atoms with van der Waals surface area (Å²) in [7, 11) is 1.75. The molecule has 0 saturated heterocycles. The number of hydrogen-bond acceptors (Lipinski definition) is 1. The molecule has 1 nitrogen and oxygen atoms in total. The van der Waals surface area contributed by atoms with E-state index in [1.807, 2.05) is 0 Å². The van der Waals surface area contributed by atoms with Crippen LogP contribution in [0.5, 0.6) is 0 Å². The molecule has 0 unspecified atom stereocenters. The first-order valence-electron chi connectivity index (χ1n) is 1.22. The summed E-state index contributed by atoms with van der Waals surface area (Å²) in [4.78, 5) is 0. The number of hydrogen-bond donors (Lipinski definition) is 0. The molecule has 0 bridgehead atoms. The van der Waals surface area contributed by atoms with Crippen LogP contribution in [0.15, 0.2) is 0 Å². The van der Waals surface area contributed by atoms with E-state index in [1.165, 1.54) is 0 Å². The van der Waals surface area contributed by atoms with Gasteiger partial charge >= 0.3 is 33.9 Å². The second kappa shape index (κ2) is 3.60. The van der Waals surface area contributed by atoms with Gasteiger partial charge in [0.25, 0.3) is 0 Å². The fourth-order valence-electron chi connectivity index (χ4n) is 0. The minimum absolute atomic E-state index is 0.188. The molecule has 1 radical (unpaired) electrons. The molecule has 0 saturated carbocycles. The van der Waals surface area contributed by atoms with Crippen LogP contribution in [-0.4, -0.2) is 24.9 Å². The van der Waals surface area contributed by atoms with E-state index in [9.17, 15) is 0 Å². The molecule has 2 heteroatoms. The third kappa shape index (κ3) is 2.60. The molecule has 0 aliphatic heterocycles. The third-order valence-electron chi connectivity index (χ3n) is 0.236. The van der Waals surface area contributed by atoms with Crippen molar-refractivity contribution >= 4 is 17.8 Å². The minimum atomic E-state index is -0.188. The van der Waals surface area contributed by atoms with Gasteiger partial charge in [-0.3, -0.25) is 0 Å². The van der Waals surface area contributed by atoms with Gasteiger partial charge in [-0.2, -0.15) is 0 Å². The number of rotatable bonds is 1. The summed E-state index contributed by atoms with van der Waals surface area (Å²) in [5.74, 6) is 0. The summed E-state index contributed by atoms with van der Waals surface area (Å²) in [5.41, 5.74) is 2.11. The van der Waals surface area contributed by atoms with Gasteiger partial charge in [0.1, 0.15) is 0 Å². The van der Waals surface area contributed by atoms with Crippen LogP contribution in [0.1, 0.15) is 0 Å². The molecule has 0 heterocycles. The zero-order chi connectivity index (χ0) is 3.41. The summed E-state index contributed by atoms with van der Waals surface area (Å²) in [5, 5.41) is 0. The molecule has 0 rings (SSSR count). The fourth-order valence-corrected chi connectivity index (χ4v) is 0. The van der Waals surface area contributed by atoms with Gasteiger partial charge in [0.2, 0.25) is 0 Å². The molecule has 0 atom stereocenters. The Kier molecular flexibility index (Phi) is 4.13. The summed E-state index contributed by atoms with van der Waals surface area (Å²) in [6.07, 6.45) is 0. The van der Waals surface area contributed by atoms with Gasteiger partial charge in [-0.25, -0.2) is 0 Å². The Labute approximate surface area is 34.5 Å². The van der Waals surface area contributed by atoms with Crippen LogP contribution in [0.4, 0.5) is 0 Å². The maximum absolute atomic E-state index is 4.70. The van der Waals surface area contributed by atoms with Crippen molar-refractivity contribution < 1.29 is 3.53 Å². The predicted molar refractivity (Wildman–Crippen MR) is 18.6 cm³/mol. The summed E-state index contributed by atoms with van der Waals surface area (Å²) >= 11 is -0.188. The van der Waals surface area contributed by atoms with E-state index in [1.54, 1.807) is 7.11 Å². The summed E-state index contributed by atoms with van der Waals surface area (Å²) < 4.78 is 4.70. The van der Waals surface area contributed by atoms with Crippen molar-refractivity contribution in [2.45, 2.75) is 5.48 Å². The van der Waals surface area contributed by atoms with Crippen molar-refractivity contribution in [1.29, 1.82) is 0 Å². The van der Waals surface area contributed by atoms with Crippen LogP contribution in [0.25, 0.3) is 0 Å². The molecule has 0 N–H and O–H groups in total. The molecule has 0 aliphatic rings.